The zero-order valence-electron chi connectivity index (χ0n) is 6.39. The van der Waals surface area contributed by atoms with E-state index in [9.17, 15) is 4.79 Å². The summed E-state index contributed by atoms with van der Waals surface area (Å²) in [5.41, 5.74) is 0. The quantitative estimate of drug-likeness (QED) is 0.593. The van der Waals surface area contributed by atoms with Crippen molar-refractivity contribution in [2.75, 3.05) is 26.2 Å². The molecule has 0 unspecified atom stereocenters. The second-order valence-corrected chi connectivity index (χ2v) is 2.58. The number of likely N-dealkylation sites (tertiary alicyclic amines) is 1. The second kappa shape index (κ2) is 3.56. The molecule has 1 aliphatic heterocycles. The maximum Gasteiger partial charge on any atom is 0.234 e. The Balaban J connectivity index is 2.05. The van der Waals surface area contributed by atoms with E-state index in [-0.39, 0.29) is 5.91 Å². The molecule has 1 aliphatic rings. The van der Waals surface area contributed by atoms with Crippen LogP contribution in [-0.2, 0) is 4.79 Å². The van der Waals surface area contributed by atoms with Crippen molar-refractivity contribution in [2.45, 2.75) is 13.3 Å². The average molecular weight is 142 g/mol. The van der Waals surface area contributed by atoms with E-state index in [0.717, 1.165) is 19.6 Å². The van der Waals surface area contributed by atoms with Crippen LogP contribution in [0.25, 0.3) is 0 Å². The van der Waals surface area contributed by atoms with E-state index in [4.69, 9.17) is 0 Å². The van der Waals surface area contributed by atoms with Crippen molar-refractivity contribution in [2.24, 2.45) is 0 Å². The number of hydrogen-bond donors (Lipinski definition) is 1. The molecule has 3 nitrogen and oxygen atoms in total. The molecule has 0 aromatic rings. The summed E-state index contributed by atoms with van der Waals surface area (Å²) in [7, 11) is 0. The Hall–Kier alpha value is -0.570. The molecule has 1 N–H and O–H groups in total. The number of nitrogens with one attached hydrogen (secondary N) is 1. The summed E-state index contributed by atoms with van der Waals surface area (Å²) >= 11 is 0. The van der Waals surface area contributed by atoms with Crippen molar-refractivity contribution >= 4 is 5.91 Å². The minimum absolute atomic E-state index is 0.155. The van der Waals surface area contributed by atoms with Crippen molar-refractivity contribution in [3.8, 4) is 0 Å². The summed E-state index contributed by atoms with van der Waals surface area (Å²) in [6.45, 7) is 5.46. The monoisotopic (exact) mass is 142 g/mol. The fourth-order valence-corrected chi connectivity index (χ4v) is 0.996. The van der Waals surface area contributed by atoms with E-state index < -0.39 is 0 Å². The smallest absolute Gasteiger partial charge is 0.234 e. The van der Waals surface area contributed by atoms with Crippen LogP contribution in [0.4, 0.5) is 0 Å². The number of carbonyl (C=O) groups is 1. The van der Waals surface area contributed by atoms with Gasteiger partial charge in [0, 0.05) is 6.54 Å². The second-order valence-electron chi connectivity index (χ2n) is 2.58. The van der Waals surface area contributed by atoms with Gasteiger partial charge in [0.25, 0.3) is 0 Å². The van der Waals surface area contributed by atoms with E-state index in [1.54, 1.807) is 0 Å². The zero-order valence-corrected chi connectivity index (χ0v) is 6.39. The summed E-state index contributed by atoms with van der Waals surface area (Å²) < 4.78 is 0. The summed E-state index contributed by atoms with van der Waals surface area (Å²) in [6, 6.07) is 0. The molecule has 10 heavy (non-hydrogen) atoms. The number of rotatable bonds is 3. The molecular formula is C7H14N2O. The number of hydrogen-bond acceptors (Lipinski definition) is 2. The molecule has 1 amide bonds. The Kier molecular flexibility index (Phi) is 2.68. The predicted octanol–water partition coefficient (Wildman–Crippen LogP) is -0.172. The van der Waals surface area contributed by atoms with Gasteiger partial charge in [-0.1, -0.05) is 0 Å². The summed E-state index contributed by atoms with van der Waals surface area (Å²) in [5.74, 6) is 0.155. The fourth-order valence-electron chi connectivity index (χ4n) is 0.996. The van der Waals surface area contributed by atoms with Gasteiger partial charge in [-0.2, -0.15) is 0 Å². The van der Waals surface area contributed by atoms with Gasteiger partial charge in [0.1, 0.15) is 0 Å². The molecule has 0 aliphatic carbocycles. The van der Waals surface area contributed by atoms with Crippen LogP contribution in [0.2, 0.25) is 0 Å². The highest BCUT2D eigenvalue weighted by atomic mass is 16.2. The fraction of sp³-hybridized carbons (Fsp3) is 0.857. The molecule has 0 atom stereocenters. The first-order valence-corrected chi connectivity index (χ1v) is 3.82. The molecule has 1 saturated heterocycles. The molecule has 0 radical (unpaired) electrons. The lowest BCUT2D eigenvalue weighted by molar-refractivity contribution is -0.122. The van der Waals surface area contributed by atoms with Gasteiger partial charge in [0.05, 0.1) is 6.54 Å². The third kappa shape index (κ3) is 1.99. The standard InChI is InChI=1S/C7H14N2O/c1-2-8-7(10)6-9-4-3-5-9/h2-6H2,1H3,(H,8,10). The molecular weight excluding hydrogens is 128 g/mol. The summed E-state index contributed by atoms with van der Waals surface area (Å²) in [6.07, 6.45) is 1.25. The SMILES string of the molecule is CCNC(=O)CN1CCC1. The summed E-state index contributed by atoms with van der Waals surface area (Å²) in [4.78, 5) is 13.0. The largest absolute Gasteiger partial charge is 0.355 e. The van der Waals surface area contributed by atoms with Gasteiger partial charge in [-0.25, -0.2) is 0 Å². The molecule has 58 valence electrons. The van der Waals surface area contributed by atoms with Crippen LogP contribution in [0.5, 0.6) is 0 Å². The van der Waals surface area contributed by atoms with Crippen LogP contribution in [0, 0.1) is 0 Å². The predicted molar refractivity (Wildman–Crippen MR) is 39.7 cm³/mol. The van der Waals surface area contributed by atoms with Gasteiger partial charge in [-0.05, 0) is 26.4 Å². The Bertz CT molecular complexity index is 121. The van der Waals surface area contributed by atoms with Crippen molar-refractivity contribution in [3.63, 3.8) is 0 Å². The lowest BCUT2D eigenvalue weighted by Gasteiger charge is -2.29. The van der Waals surface area contributed by atoms with Gasteiger partial charge in [-0.15, -0.1) is 0 Å². The lowest BCUT2D eigenvalue weighted by Crippen LogP contribution is -2.44. The van der Waals surface area contributed by atoms with Crippen molar-refractivity contribution < 1.29 is 4.79 Å². The van der Waals surface area contributed by atoms with Crippen molar-refractivity contribution in [1.82, 2.24) is 10.2 Å². The number of likely N-dealkylation sites (N-methyl/N-ethyl adjacent to an activating group) is 1. The van der Waals surface area contributed by atoms with Crippen LogP contribution in [0.15, 0.2) is 0 Å². The Morgan fingerprint density at radius 1 is 1.60 bits per heavy atom. The minimum Gasteiger partial charge on any atom is -0.355 e. The van der Waals surface area contributed by atoms with Crippen molar-refractivity contribution in [1.29, 1.82) is 0 Å². The Morgan fingerprint density at radius 2 is 2.30 bits per heavy atom. The zero-order chi connectivity index (χ0) is 7.40. The van der Waals surface area contributed by atoms with Crippen molar-refractivity contribution in [3.05, 3.63) is 0 Å². The molecule has 0 bridgehead atoms. The number of nitrogens with zero attached hydrogens (tertiary/aromatic N) is 1. The first-order valence-electron chi connectivity index (χ1n) is 3.82. The van der Waals surface area contributed by atoms with Crippen LogP contribution in [0.1, 0.15) is 13.3 Å². The number of amides is 1. The van der Waals surface area contributed by atoms with Gasteiger partial charge in [-0.3, -0.25) is 9.69 Å². The van der Waals surface area contributed by atoms with E-state index in [1.807, 2.05) is 6.92 Å². The van der Waals surface area contributed by atoms with E-state index in [2.05, 4.69) is 10.2 Å². The van der Waals surface area contributed by atoms with Gasteiger partial charge in [0.2, 0.25) is 5.91 Å². The molecule has 0 aromatic carbocycles. The molecule has 1 heterocycles. The number of carbonyl (C=O) groups excluding carboxylic acids is 1. The third-order valence-electron chi connectivity index (χ3n) is 1.69. The van der Waals surface area contributed by atoms with Gasteiger partial charge >= 0.3 is 0 Å². The third-order valence-corrected chi connectivity index (χ3v) is 1.69. The molecule has 1 fully saturated rings. The van der Waals surface area contributed by atoms with E-state index >= 15 is 0 Å². The highest BCUT2D eigenvalue weighted by molar-refractivity contribution is 5.77. The van der Waals surface area contributed by atoms with Crippen LogP contribution < -0.4 is 5.32 Å². The van der Waals surface area contributed by atoms with Gasteiger partial charge < -0.3 is 5.32 Å². The first kappa shape index (κ1) is 7.54. The molecule has 1 rings (SSSR count). The van der Waals surface area contributed by atoms with E-state index in [1.165, 1.54) is 6.42 Å². The highest BCUT2D eigenvalue weighted by Crippen LogP contribution is 2.03. The van der Waals surface area contributed by atoms with Crippen LogP contribution in [-0.4, -0.2) is 37.0 Å². The molecule has 0 spiro atoms. The topological polar surface area (TPSA) is 32.3 Å². The maximum atomic E-state index is 10.9. The first-order chi connectivity index (χ1) is 4.83. The lowest BCUT2D eigenvalue weighted by atomic mass is 10.2. The molecule has 0 aromatic heterocycles. The van der Waals surface area contributed by atoms with Crippen LogP contribution in [0.3, 0.4) is 0 Å². The maximum absolute atomic E-state index is 10.9. The summed E-state index contributed by atoms with van der Waals surface area (Å²) in [5, 5.41) is 2.76. The van der Waals surface area contributed by atoms with E-state index in [0.29, 0.717) is 6.54 Å². The Morgan fingerprint density at radius 3 is 2.70 bits per heavy atom. The highest BCUT2D eigenvalue weighted by Gasteiger charge is 2.15. The molecule has 0 saturated carbocycles. The normalized spacial score (nSPS) is 18.1. The molecule has 3 heteroatoms. The Labute approximate surface area is 61.4 Å². The van der Waals surface area contributed by atoms with Crippen LogP contribution >= 0.6 is 0 Å². The minimum atomic E-state index is 0.155. The van der Waals surface area contributed by atoms with Gasteiger partial charge in [0.15, 0.2) is 0 Å². The average Bonchev–Trinajstić information content (AvgIpc) is 1.80.